The van der Waals surface area contributed by atoms with Crippen molar-refractivity contribution in [2.45, 2.75) is 31.7 Å². The lowest BCUT2D eigenvalue weighted by atomic mass is 9.95. The Morgan fingerprint density at radius 2 is 2.07 bits per heavy atom. The molecule has 15 heavy (non-hydrogen) atoms. The first-order valence-electron chi connectivity index (χ1n) is 5.17. The van der Waals surface area contributed by atoms with E-state index < -0.39 is 11.5 Å². The molecule has 0 fully saturated rings. The van der Waals surface area contributed by atoms with E-state index in [0.29, 0.717) is 6.42 Å². The van der Waals surface area contributed by atoms with Crippen LogP contribution in [0.15, 0.2) is 0 Å². The molecule has 4 nitrogen and oxygen atoms in total. The third-order valence-corrected chi connectivity index (χ3v) is 3.52. The number of carboxylic acid groups (broad SMARTS) is 1. The van der Waals surface area contributed by atoms with Gasteiger partial charge in [-0.25, -0.2) is 0 Å². The molecule has 0 aliphatic heterocycles. The maximum atomic E-state index is 10.9. The molecule has 0 aromatic rings. The first-order valence-corrected chi connectivity index (χ1v) is 6.33. The number of rotatable bonds is 9. The number of unbranched alkanes of at least 4 members (excludes halogenated alkanes) is 1. The minimum atomic E-state index is -0.804. The number of nitrogens with one attached hydrogen (secondary N) is 1. The Kier molecular flexibility index (Phi) is 7.82. The Morgan fingerprint density at radius 1 is 1.40 bits per heavy atom. The molecule has 0 amide bonds. The number of aliphatic hydroxyl groups excluding tert-OH is 1. The number of hydrogen-bond acceptors (Lipinski definition) is 4. The van der Waals surface area contributed by atoms with Crippen molar-refractivity contribution in [1.82, 2.24) is 5.32 Å². The highest BCUT2D eigenvalue weighted by atomic mass is 32.2. The summed E-state index contributed by atoms with van der Waals surface area (Å²) in [5, 5.41) is 20.4. The van der Waals surface area contributed by atoms with Gasteiger partial charge in [-0.3, -0.25) is 4.79 Å². The second-order valence-electron chi connectivity index (χ2n) is 3.68. The lowest BCUT2D eigenvalue weighted by molar-refractivity contribution is -0.144. The Morgan fingerprint density at radius 3 is 2.53 bits per heavy atom. The highest BCUT2D eigenvalue weighted by Gasteiger charge is 2.29. The quantitative estimate of drug-likeness (QED) is 0.519. The van der Waals surface area contributed by atoms with Crippen molar-refractivity contribution in [3.05, 3.63) is 0 Å². The molecule has 1 unspecified atom stereocenters. The van der Waals surface area contributed by atoms with Gasteiger partial charge in [0.05, 0.1) is 6.61 Å². The van der Waals surface area contributed by atoms with Crippen molar-refractivity contribution in [3.63, 3.8) is 0 Å². The average Bonchev–Trinajstić information content (AvgIpc) is 2.22. The molecule has 0 aromatic carbocycles. The standard InChI is InChI=1S/C10H21NO3S/c1-10(11-2,9(13)14)5-3-4-7-15-8-6-12/h11-12H,3-8H2,1-2H3,(H,13,14). The zero-order chi connectivity index (χ0) is 11.7. The third kappa shape index (κ3) is 6.02. The van der Waals surface area contributed by atoms with E-state index in [2.05, 4.69) is 5.32 Å². The van der Waals surface area contributed by atoms with Gasteiger partial charge in [-0.2, -0.15) is 11.8 Å². The predicted molar refractivity (Wildman–Crippen MR) is 63.4 cm³/mol. The van der Waals surface area contributed by atoms with Crippen molar-refractivity contribution in [3.8, 4) is 0 Å². The number of thioether (sulfide) groups is 1. The summed E-state index contributed by atoms with van der Waals surface area (Å²) >= 11 is 1.70. The van der Waals surface area contributed by atoms with Crippen molar-refractivity contribution in [1.29, 1.82) is 0 Å². The molecule has 0 aliphatic carbocycles. The Balaban J connectivity index is 3.60. The van der Waals surface area contributed by atoms with Crippen LogP contribution < -0.4 is 5.32 Å². The van der Waals surface area contributed by atoms with Gasteiger partial charge in [-0.1, -0.05) is 6.42 Å². The van der Waals surface area contributed by atoms with E-state index in [1.807, 2.05) is 0 Å². The summed E-state index contributed by atoms with van der Waals surface area (Å²) in [6.45, 7) is 1.92. The molecule has 5 heteroatoms. The van der Waals surface area contributed by atoms with Crippen LogP contribution in [0.4, 0.5) is 0 Å². The summed E-state index contributed by atoms with van der Waals surface area (Å²) in [7, 11) is 1.68. The minimum Gasteiger partial charge on any atom is -0.480 e. The van der Waals surface area contributed by atoms with Gasteiger partial charge in [0, 0.05) is 5.75 Å². The van der Waals surface area contributed by atoms with E-state index in [4.69, 9.17) is 10.2 Å². The van der Waals surface area contributed by atoms with Gasteiger partial charge in [-0.15, -0.1) is 0 Å². The molecule has 0 saturated heterocycles. The van der Waals surface area contributed by atoms with E-state index in [9.17, 15) is 4.79 Å². The van der Waals surface area contributed by atoms with Crippen LogP contribution in [0.2, 0.25) is 0 Å². The molecule has 0 rings (SSSR count). The van der Waals surface area contributed by atoms with E-state index in [-0.39, 0.29) is 6.61 Å². The van der Waals surface area contributed by atoms with Crippen LogP contribution in [-0.2, 0) is 4.79 Å². The van der Waals surface area contributed by atoms with Gasteiger partial charge < -0.3 is 15.5 Å². The van der Waals surface area contributed by atoms with E-state index in [0.717, 1.165) is 24.3 Å². The number of aliphatic carboxylic acids is 1. The topological polar surface area (TPSA) is 69.6 Å². The molecule has 0 heterocycles. The van der Waals surface area contributed by atoms with Crippen molar-refractivity contribution >= 4 is 17.7 Å². The van der Waals surface area contributed by atoms with Crippen LogP contribution in [-0.4, -0.2) is 46.9 Å². The van der Waals surface area contributed by atoms with Crippen LogP contribution in [0, 0.1) is 0 Å². The summed E-state index contributed by atoms with van der Waals surface area (Å²) in [5.74, 6) is 0.954. The monoisotopic (exact) mass is 235 g/mol. The first kappa shape index (κ1) is 14.7. The second kappa shape index (κ2) is 7.96. The average molecular weight is 235 g/mol. The molecule has 0 aromatic heterocycles. The molecule has 0 radical (unpaired) electrons. The third-order valence-electron chi connectivity index (χ3n) is 2.47. The first-order chi connectivity index (χ1) is 7.06. The van der Waals surface area contributed by atoms with Gasteiger partial charge >= 0.3 is 5.97 Å². The van der Waals surface area contributed by atoms with Crippen molar-refractivity contribution < 1.29 is 15.0 Å². The molecule has 0 saturated carbocycles. The molecular weight excluding hydrogens is 214 g/mol. The minimum absolute atomic E-state index is 0.216. The fraction of sp³-hybridized carbons (Fsp3) is 0.900. The van der Waals surface area contributed by atoms with Crippen LogP contribution in [0.1, 0.15) is 26.2 Å². The Bertz CT molecular complexity index is 190. The smallest absolute Gasteiger partial charge is 0.323 e. The molecule has 0 bridgehead atoms. The SMILES string of the molecule is CNC(C)(CCCCSCCO)C(=O)O. The fourth-order valence-electron chi connectivity index (χ4n) is 1.19. The molecule has 3 N–H and O–H groups in total. The summed E-state index contributed by atoms with van der Waals surface area (Å²) in [6.07, 6.45) is 2.52. The summed E-state index contributed by atoms with van der Waals surface area (Å²) < 4.78 is 0. The van der Waals surface area contributed by atoms with Gasteiger partial charge in [0.15, 0.2) is 0 Å². The number of likely N-dealkylation sites (N-methyl/N-ethyl adjacent to an activating group) is 1. The molecule has 0 aliphatic rings. The Hall–Kier alpha value is -0.260. The van der Waals surface area contributed by atoms with Crippen LogP contribution in [0.3, 0.4) is 0 Å². The fourth-order valence-corrected chi connectivity index (χ4v) is 1.93. The lowest BCUT2D eigenvalue weighted by Crippen LogP contribution is -2.47. The van der Waals surface area contributed by atoms with Gasteiger partial charge in [0.1, 0.15) is 5.54 Å². The zero-order valence-electron chi connectivity index (χ0n) is 9.45. The molecule has 90 valence electrons. The van der Waals surface area contributed by atoms with Crippen molar-refractivity contribution in [2.75, 3.05) is 25.2 Å². The Labute approximate surface area is 95.4 Å². The molecular formula is C10H21NO3S. The second-order valence-corrected chi connectivity index (χ2v) is 4.91. The summed E-state index contributed by atoms with van der Waals surface area (Å²) in [6, 6.07) is 0. The maximum Gasteiger partial charge on any atom is 0.323 e. The zero-order valence-corrected chi connectivity index (χ0v) is 10.3. The number of carboxylic acids is 1. The highest BCUT2D eigenvalue weighted by molar-refractivity contribution is 7.99. The van der Waals surface area contributed by atoms with Crippen LogP contribution in [0.25, 0.3) is 0 Å². The summed E-state index contributed by atoms with van der Waals surface area (Å²) in [4.78, 5) is 10.9. The van der Waals surface area contributed by atoms with Crippen LogP contribution in [0.5, 0.6) is 0 Å². The predicted octanol–water partition coefficient (Wildman–Crippen LogP) is 0.945. The number of aliphatic hydroxyl groups is 1. The van der Waals surface area contributed by atoms with Gasteiger partial charge in [0.2, 0.25) is 0 Å². The number of hydrogen-bond donors (Lipinski definition) is 3. The largest absolute Gasteiger partial charge is 0.480 e. The lowest BCUT2D eigenvalue weighted by Gasteiger charge is -2.23. The van der Waals surface area contributed by atoms with Crippen LogP contribution >= 0.6 is 11.8 Å². The molecule has 0 spiro atoms. The molecule has 1 atom stereocenters. The highest BCUT2D eigenvalue weighted by Crippen LogP contribution is 2.15. The van der Waals surface area contributed by atoms with E-state index in [1.165, 1.54) is 0 Å². The maximum absolute atomic E-state index is 10.9. The van der Waals surface area contributed by atoms with E-state index >= 15 is 0 Å². The van der Waals surface area contributed by atoms with Gasteiger partial charge in [0.25, 0.3) is 0 Å². The van der Waals surface area contributed by atoms with E-state index in [1.54, 1.807) is 25.7 Å². The van der Waals surface area contributed by atoms with Gasteiger partial charge in [-0.05, 0) is 32.6 Å². The normalized spacial score (nSPS) is 14.9. The summed E-state index contributed by atoms with van der Waals surface area (Å²) in [5.41, 5.74) is -0.804. The van der Waals surface area contributed by atoms with Crippen molar-refractivity contribution in [2.24, 2.45) is 0 Å². The number of carbonyl (C=O) groups is 1.